The third-order valence-electron chi connectivity index (χ3n) is 9.34. The number of unbranched alkanes of at least 4 members (excludes halogenated alkanes) is 18. The molecule has 2 unspecified atom stereocenters. The molecule has 1 aliphatic rings. The van der Waals surface area contributed by atoms with Crippen LogP contribution in [-0.2, 0) is 28.5 Å². The number of allylic oxidation sites excluding steroid dienone is 4. The van der Waals surface area contributed by atoms with E-state index in [4.69, 9.17) is 18.9 Å². The number of aliphatic hydroxyl groups is 4. The Morgan fingerprint density at radius 3 is 1.69 bits per heavy atom. The van der Waals surface area contributed by atoms with Gasteiger partial charge in [0.1, 0.15) is 31.0 Å². The van der Waals surface area contributed by atoms with Crippen molar-refractivity contribution in [2.45, 2.75) is 205 Å². The van der Waals surface area contributed by atoms with Gasteiger partial charge in [0, 0.05) is 12.8 Å². The Kier molecular flexibility index (Phi) is 30.4. The van der Waals surface area contributed by atoms with E-state index in [1.165, 1.54) is 96.3 Å². The second-order valence-corrected chi connectivity index (χ2v) is 14.1. The fourth-order valence-corrected chi connectivity index (χ4v) is 6.05. The molecule has 1 fully saturated rings. The van der Waals surface area contributed by atoms with E-state index in [1.54, 1.807) is 0 Å². The first-order valence-electron chi connectivity index (χ1n) is 20.4. The molecule has 0 aromatic carbocycles. The van der Waals surface area contributed by atoms with Gasteiger partial charge >= 0.3 is 11.9 Å². The molecule has 6 atom stereocenters. The Labute approximate surface area is 309 Å². The fraction of sp³-hybridized carbons (Fsp3) is 0.854. The van der Waals surface area contributed by atoms with E-state index < -0.39 is 49.4 Å². The zero-order valence-corrected chi connectivity index (χ0v) is 32.1. The van der Waals surface area contributed by atoms with Gasteiger partial charge in [-0.25, -0.2) is 0 Å². The number of hydrogen-bond acceptors (Lipinski definition) is 10. The summed E-state index contributed by atoms with van der Waals surface area (Å²) >= 11 is 0. The minimum absolute atomic E-state index is 0.168. The summed E-state index contributed by atoms with van der Waals surface area (Å²) in [5.74, 6) is -0.860. The van der Waals surface area contributed by atoms with E-state index in [0.29, 0.717) is 6.42 Å². The van der Waals surface area contributed by atoms with Crippen LogP contribution in [0.5, 0.6) is 0 Å². The van der Waals surface area contributed by atoms with E-state index in [-0.39, 0.29) is 32.0 Å². The van der Waals surface area contributed by atoms with Crippen LogP contribution in [0.2, 0.25) is 0 Å². The molecule has 0 aromatic rings. The quantitative estimate of drug-likeness (QED) is 0.0300. The van der Waals surface area contributed by atoms with Gasteiger partial charge in [0.05, 0.1) is 13.2 Å². The number of carbonyl (C=O) groups is 2. The normalized spacial score (nSPS) is 21.4. The van der Waals surface area contributed by atoms with Crippen molar-refractivity contribution in [2.75, 3.05) is 19.8 Å². The number of hydrogen-bond donors (Lipinski definition) is 4. The van der Waals surface area contributed by atoms with Crippen molar-refractivity contribution in [3.05, 3.63) is 24.3 Å². The standard InChI is InChI=1S/C41H74O10/c1-3-5-7-9-11-13-14-15-16-17-18-19-20-22-24-26-28-30-37(44)50-34(33-49-41-40(47)39(46)38(45)35(31-42)51-41)32-48-36(43)29-27-25-23-21-12-10-8-6-4-2/h18-19,22,24,34-35,38-42,45-47H,3-17,20-21,23,25-33H2,1-2H3/b19-18+,24-22+/t34-,35-,38+,39?,40?,41-/m1/s1. The molecular formula is C41H74O10. The number of rotatable bonds is 33. The highest BCUT2D eigenvalue weighted by Gasteiger charge is 2.44. The minimum atomic E-state index is -1.60. The molecule has 0 amide bonds. The van der Waals surface area contributed by atoms with Crippen molar-refractivity contribution >= 4 is 11.9 Å². The lowest BCUT2D eigenvalue weighted by atomic mass is 9.99. The van der Waals surface area contributed by atoms with Crippen LogP contribution in [-0.4, -0.2) is 89.0 Å². The molecule has 1 aliphatic heterocycles. The molecule has 0 spiro atoms. The fourth-order valence-electron chi connectivity index (χ4n) is 6.05. The summed E-state index contributed by atoms with van der Waals surface area (Å²) in [4.78, 5) is 25.1. The summed E-state index contributed by atoms with van der Waals surface area (Å²) in [6.45, 7) is 3.35. The van der Waals surface area contributed by atoms with Crippen LogP contribution in [0, 0.1) is 0 Å². The van der Waals surface area contributed by atoms with Crippen molar-refractivity contribution in [1.29, 1.82) is 0 Å². The zero-order valence-electron chi connectivity index (χ0n) is 32.1. The molecule has 0 aromatic heterocycles. The number of ether oxygens (including phenoxy) is 4. The third kappa shape index (κ3) is 24.9. The van der Waals surface area contributed by atoms with Crippen LogP contribution in [0.4, 0.5) is 0 Å². The predicted molar refractivity (Wildman–Crippen MR) is 201 cm³/mol. The smallest absolute Gasteiger partial charge is 0.306 e. The highest BCUT2D eigenvalue weighted by Crippen LogP contribution is 2.22. The summed E-state index contributed by atoms with van der Waals surface area (Å²) in [5, 5.41) is 39.9. The summed E-state index contributed by atoms with van der Waals surface area (Å²) < 4.78 is 22.0. The van der Waals surface area contributed by atoms with Gasteiger partial charge in [0.15, 0.2) is 12.4 Å². The first kappa shape index (κ1) is 47.2. The second kappa shape index (κ2) is 32.8. The van der Waals surface area contributed by atoms with Crippen LogP contribution >= 0.6 is 0 Å². The minimum Gasteiger partial charge on any atom is -0.462 e. The maximum atomic E-state index is 12.7. The molecule has 51 heavy (non-hydrogen) atoms. The Bertz CT molecular complexity index is 892. The molecular weight excluding hydrogens is 652 g/mol. The van der Waals surface area contributed by atoms with Crippen LogP contribution in [0.1, 0.15) is 168 Å². The summed E-state index contributed by atoms with van der Waals surface area (Å²) in [5.41, 5.74) is 0. The lowest BCUT2D eigenvalue weighted by Gasteiger charge is -2.39. The van der Waals surface area contributed by atoms with Crippen molar-refractivity contribution in [3.8, 4) is 0 Å². The summed E-state index contributed by atoms with van der Waals surface area (Å²) in [6.07, 6.45) is 26.3. The van der Waals surface area contributed by atoms with Crippen LogP contribution in [0.15, 0.2) is 24.3 Å². The van der Waals surface area contributed by atoms with Gasteiger partial charge < -0.3 is 39.4 Å². The van der Waals surface area contributed by atoms with Crippen molar-refractivity contribution in [2.24, 2.45) is 0 Å². The molecule has 1 heterocycles. The number of esters is 2. The Morgan fingerprint density at radius 2 is 1.12 bits per heavy atom. The van der Waals surface area contributed by atoms with Crippen molar-refractivity contribution in [3.63, 3.8) is 0 Å². The number of carbonyl (C=O) groups excluding carboxylic acids is 2. The van der Waals surface area contributed by atoms with Gasteiger partial charge in [0.25, 0.3) is 0 Å². The first-order chi connectivity index (χ1) is 24.8. The zero-order chi connectivity index (χ0) is 37.4. The predicted octanol–water partition coefficient (Wildman–Crippen LogP) is 7.77. The summed E-state index contributed by atoms with van der Waals surface area (Å²) in [6, 6.07) is 0. The third-order valence-corrected chi connectivity index (χ3v) is 9.34. The van der Waals surface area contributed by atoms with E-state index in [9.17, 15) is 30.0 Å². The molecule has 0 aliphatic carbocycles. The van der Waals surface area contributed by atoms with Crippen LogP contribution in [0.25, 0.3) is 0 Å². The van der Waals surface area contributed by atoms with Gasteiger partial charge in [0.2, 0.25) is 0 Å². The SMILES string of the molecule is CCCCCCCCCCC/C=C/C/C=C/CCCC(=O)O[C@H](COC(=O)CCCCCCCCCCC)CO[C@@H]1O[C@H](CO)[C@H](O)C(O)C1O. The molecule has 1 saturated heterocycles. The molecule has 0 bridgehead atoms. The Hall–Kier alpha value is -1.82. The van der Waals surface area contributed by atoms with Crippen LogP contribution < -0.4 is 0 Å². The molecule has 10 heteroatoms. The largest absolute Gasteiger partial charge is 0.462 e. The maximum Gasteiger partial charge on any atom is 0.306 e. The van der Waals surface area contributed by atoms with Gasteiger partial charge in [-0.2, -0.15) is 0 Å². The highest BCUT2D eigenvalue weighted by molar-refractivity contribution is 5.70. The van der Waals surface area contributed by atoms with Crippen molar-refractivity contribution < 1.29 is 49.0 Å². The monoisotopic (exact) mass is 727 g/mol. The number of aliphatic hydroxyl groups excluding tert-OH is 4. The Balaban J connectivity index is 2.39. The van der Waals surface area contributed by atoms with Gasteiger partial charge in [-0.3, -0.25) is 9.59 Å². The summed E-state index contributed by atoms with van der Waals surface area (Å²) in [7, 11) is 0. The second-order valence-electron chi connectivity index (χ2n) is 14.1. The molecule has 298 valence electrons. The van der Waals surface area contributed by atoms with Crippen LogP contribution in [0.3, 0.4) is 0 Å². The lowest BCUT2D eigenvalue weighted by Crippen LogP contribution is -2.59. The average molecular weight is 727 g/mol. The van der Waals surface area contributed by atoms with E-state index >= 15 is 0 Å². The topological polar surface area (TPSA) is 152 Å². The molecule has 0 saturated carbocycles. The van der Waals surface area contributed by atoms with E-state index in [0.717, 1.165) is 38.5 Å². The molecule has 4 N–H and O–H groups in total. The van der Waals surface area contributed by atoms with Gasteiger partial charge in [-0.1, -0.05) is 141 Å². The highest BCUT2D eigenvalue weighted by atomic mass is 16.7. The maximum absolute atomic E-state index is 12.7. The Morgan fingerprint density at radius 1 is 0.608 bits per heavy atom. The first-order valence-corrected chi connectivity index (χ1v) is 20.4. The molecule has 0 radical (unpaired) electrons. The van der Waals surface area contributed by atoms with E-state index in [1.807, 2.05) is 0 Å². The van der Waals surface area contributed by atoms with Gasteiger partial charge in [-0.05, 0) is 38.5 Å². The lowest BCUT2D eigenvalue weighted by molar-refractivity contribution is -0.305. The molecule has 1 rings (SSSR count). The van der Waals surface area contributed by atoms with Crippen molar-refractivity contribution in [1.82, 2.24) is 0 Å². The molecule has 10 nitrogen and oxygen atoms in total. The van der Waals surface area contributed by atoms with Gasteiger partial charge in [-0.15, -0.1) is 0 Å². The average Bonchev–Trinajstić information content (AvgIpc) is 3.13. The van der Waals surface area contributed by atoms with E-state index in [2.05, 4.69) is 38.2 Å².